The Morgan fingerprint density at radius 2 is 1.32 bits per heavy atom. The molecular weight excluding hydrogens is 394 g/mol. The van der Waals surface area contributed by atoms with E-state index in [0.29, 0.717) is 0 Å². The second kappa shape index (κ2) is 7.79. The third-order valence-electron chi connectivity index (χ3n) is 5.67. The number of fused-ring (bicyclic) bond motifs is 1. The van der Waals surface area contributed by atoms with Gasteiger partial charge < -0.3 is 0 Å². The lowest BCUT2D eigenvalue weighted by molar-refractivity contribution is 0.590. The Hall–Kier alpha value is -3.23. The lowest BCUT2D eigenvalue weighted by atomic mass is 9.86. The number of benzene rings is 3. The van der Waals surface area contributed by atoms with E-state index in [4.69, 9.17) is 4.98 Å². The molecule has 0 aliphatic rings. The third kappa shape index (κ3) is 4.04. The van der Waals surface area contributed by atoms with Gasteiger partial charge in [-0.15, -0.1) is 11.3 Å². The highest BCUT2D eigenvalue weighted by atomic mass is 32.1. The Morgan fingerprint density at radius 3 is 2.06 bits per heavy atom. The molecule has 2 aromatic heterocycles. The van der Waals surface area contributed by atoms with Gasteiger partial charge in [0.05, 0.1) is 15.9 Å². The van der Waals surface area contributed by atoms with Crippen LogP contribution in [0, 0.1) is 0 Å². The SMILES string of the molecule is CC(C)(C)c1ccc(-c2cc3nc(-c4cccc(-c5ccccc5)c4)ccc3s2)cc1. The van der Waals surface area contributed by atoms with Crippen LogP contribution in [-0.4, -0.2) is 4.98 Å². The Balaban J connectivity index is 1.49. The second-order valence-electron chi connectivity index (χ2n) is 8.96. The van der Waals surface area contributed by atoms with E-state index in [2.05, 4.69) is 112 Å². The summed E-state index contributed by atoms with van der Waals surface area (Å²) in [6.45, 7) is 6.75. The van der Waals surface area contributed by atoms with Gasteiger partial charge in [-0.2, -0.15) is 0 Å². The molecule has 0 saturated carbocycles. The highest BCUT2D eigenvalue weighted by molar-refractivity contribution is 7.22. The minimum atomic E-state index is 0.170. The quantitative estimate of drug-likeness (QED) is 0.285. The van der Waals surface area contributed by atoms with Crippen LogP contribution in [0.5, 0.6) is 0 Å². The van der Waals surface area contributed by atoms with E-state index in [-0.39, 0.29) is 5.41 Å². The maximum absolute atomic E-state index is 4.99. The predicted octanol–water partition coefficient (Wildman–Crippen LogP) is 8.59. The molecule has 3 aromatic carbocycles. The molecule has 0 radical (unpaired) electrons. The molecule has 0 fully saturated rings. The minimum Gasteiger partial charge on any atom is -0.247 e. The van der Waals surface area contributed by atoms with E-state index in [1.807, 2.05) is 6.07 Å². The molecule has 0 N–H and O–H groups in total. The maximum Gasteiger partial charge on any atom is 0.0823 e. The number of rotatable bonds is 3. The first-order chi connectivity index (χ1) is 15.0. The van der Waals surface area contributed by atoms with Crippen LogP contribution in [0.25, 0.3) is 43.0 Å². The Labute approximate surface area is 188 Å². The second-order valence-corrected chi connectivity index (χ2v) is 10.0. The Kier molecular flexibility index (Phi) is 4.95. The molecule has 31 heavy (non-hydrogen) atoms. The van der Waals surface area contributed by atoms with E-state index in [1.165, 1.54) is 31.8 Å². The van der Waals surface area contributed by atoms with E-state index >= 15 is 0 Å². The lowest BCUT2D eigenvalue weighted by Gasteiger charge is -2.18. The highest BCUT2D eigenvalue weighted by Crippen LogP contribution is 2.35. The number of thiophene rings is 1. The summed E-state index contributed by atoms with van der Waals surface area (Å²) in [5.41, 5.74) is 8.43. The topological polar surface area (TPSA) is 12.9 Å². The summed E-state index contributed by atoms with van der Waals surface area (Å²) < 4.78 is 1.22. The zero-order valence-electron chi connectivity index (χ0n) is 18.1. The standard InChI is InChI=1S/C29H25NS/c1-29(2,3)24-14-12-21(13-15-24)28-19-26-27(31-28)17-16-25(30-26)23-11-7-10-22(18-23)20-8-5-4-6-9-20/h4-19H,1-3H3. The first-order valence-corrected chi connectivity index (χ1v) is 11.5. The van der Waals surface area contributed by atoms with E-state index < -0.39 is 0 Å². The maximum atomic E-state index is 4.99. The monoisotopic (exact) mass is 419 g/mol. The van der Waals surface area contributed by atoms with Crippen molar-refractivity contribution in [3.63, 3.8) is 0 Å². The number of pyridine rings is 1. The van der Waals surface area contributed by atoms with E-state index in [0.717, 1.165) is 16.8 Å². The van der Waals surface area contributed by atoms with Gasteiger partial charge in [0.15, 0.2) is 0 Å². The van der Waals surface area contributed by atoms with Crippen LogP contribution >= 0.6 is 11.3 Å². The third-order valence-corrected chi connectivity index (χ3v) is 6.81. The molecule has 1 nitrogen and oxygen atoms in total. The summed E-state index contributed by atoms with van der Waals surface area (Å²) in [5.74, 6) is 0. The van der Waals surface area contributed by atoms with Gasteiger partial charge in [0, 0.05) is 10.4 Å². The molecule has 2 heteroatoms. The van der Waals surface area contributed by atoms with Crippen LogP contribution < -0.4 is 0 Å². The number of hydrogen-bond donors (Lipinski definition) is 0. The molecule has 5 aromatic rings. The average Bonchev–Trinajstić information content (AvgIpc) is 3.23. The first-order valence-electron chi connectivity index (χ1n) is 10.6. The minimum absolute atomic E-state index is 0.170. The molecule has 0 aliphatic heterocycles. The van der Waals surface area contributed by atoms with Gasteiger partial charge in [-0.1, -0.05) is 93.6 Å². The van der Waals surface area contributed by atoms with Crippen molar-refractivity contribution in [3.05, 3.63) is 103 Å². The van der Waals surface area contributed by atoms with Crippen molar-refractivity contribution >= 4 is 21.6 Å². The zero-order chi connectivity index (χ0) is 21.4. The van der Waals surface area contributed by atoms with Gasteiger partial charge in [-0.3, -0.25) is 0 Å². The van der Waals surface area contributed by atoms with Gasteiger partial charge in [-0.25, -0.2) is 4.98 Å². The number of aromatic nitrogens is 1. The molecular formula is C29H25NS. The summed E-state index contributed by atoms with van der Waals surface area (Å²) in [6.07, 6.45) is 0. The smallest absolute Gasteiger partial charge is 0.0823 e. The molecule has 0 unspecified atom stereocenters. The van der Waals surface area contributed by atoms with Crippen LogP contribution in [0.15, 0.2) is 97.1 Å². The fraction of sp³-hybridized carbons (Fsp3) is 0.138. The van der Waals surface area contributed by atoms with Crippen LogP contribution in [0.3, 0.4) is 0 Å². The van der Waals surface area contributed by atoms with Gasteiger partial charge in [0.2, 0.25) is 0 Å². The van der Waals surface area contributed by atoms with Crippen molar-refractivity contribution < 1.29 is 0 Å². The van der Waals surface area contributed by atoms with Crippen molar-refractivity contribution in [2.24, 2.45) is 0 Å². The van der Waals surface area contributed by atoms with Crippen LogP contribution in [0.4, 0.5) is 0 Å². The van der Waals surface area contributed by atoms with Crippen molar-refractivity contribution in [2.45, 2.75) is 26.2 Å². The summed E-state index contributed by atoms with van der Waals surface area (Å²) in [7, 11) is 0. The molecule has 0 spiro atoms. The van der Waals surface area contributed by atoms with Gasteiger partial charge in [0.25, 0.3) is 0 Å². The van der Waals surface area contributed by atoms with Crippen molar-refractivity contribution in [2.75, 3.05) is 0 Å². The molecule has 0 amide bonds. The molecule has 0 bridgehead atoms. The lowest BCUT2D eigenvalue weighted by Crippen LogP contribution is -2.10. The van der Waals surface area contributed by atoms with Crippen LogP contribution in [-0.2, 0) is 5.41 Å². The molecule has 0 atom stereocenters. The summed E-state index contributed by atoms with van der Waals surface area (Å²) in [5, 5.41) is 0. The summed E-state index contributed by atoms with van der Waals surface area (Å²) >= 11 is 1.81. The summed E-state index contributed by atoms with van der Waals surface area (Å²) in [6, 6.07) is 34.6. The molecule has 2 heterocycles. The Morgan fingerprint density at radius 1 is 0.613 bits per heavy atom. The van der Waals surface area contributed by atoms with Crippen molar-refractivity contribution in [1.29, 1.82) is 0 Å². The average molecular weight is 420 g/mol. The number of nitrogens with zero attached hydrogens (tertiary/aromatic N) is 1. The van der Waals surface area contributed by atoms with E-state index in [1.54, 1.807) is 11.3 Å². The van der Waals surface area contributed by atoms with Crippen LogP contribution in [0.1, 0.15) is 26.3 Å². The number of hydrogen-bond acceptors (Lipinski definition) is 2. The van der Waals surface area contributed by atoms with E-state index in [9.17, 15) is 0 Å². The van der Waals surface area contributed by atoms with Crippen LogP contribution in [0.2, 0.25) is 0 Å². The van der Waals surface area contributed by atoms with Crippen molar-refractivity contribution in [3.8, 4) is 32.8 Å². The molecule has 5 rings (SSSR count). The highest BCUT2D eigenvalue weighted by Gasteiger charge is 2.14. The molecule has 152 valence electrons. The Bertz CT molecular complexity index is 1340. The fourth-order valence-electron chi connectivity index (χ4n) is 3.85. The van der Waals surface area contributed by atoms with Crippen molar-refractivity contribution in [1.82, 2.24) is 4.98 Å². The zero-order valence-corrected chi connectivity index (χ0v) is 18.9. The largest absolute Gasteiger partial charge is 0.247 e. The summed E-state index contributed by atoms with van der Waals surface area (Å²) in [4.78, 5) is 6.26. The van der Waals surface area contributed by atoms with Gasteiger partial charge in [0.1, 0.15) is 0 Å². The normalized spacial score (nSPS) is 11.7. The molecule has 0 saturated heterocycles. The molecule has 0 aliphatic carbocycles. The predicted molar refractivity (Wildman–Crippen MR) is 135 cm³/mol. The first kappa shape index (κ1) is 19.7. The van der Waals surface area contributed by atoms with Gasteiger partial charge in [-0.05, 0) is 51.9 Å². The van der Waals surface area contributed by atoms with Gasteiger partial charge >= 0.3 is 0 Å². The fourth-order valence-corrected chi connectivity index (χ4v) is 4.86.